The second kappa shape index (κ2) is 12.4. The molecule has 1 aliphatic heterocycles. The summed E-state index contributed by atoms with van der Waals surface area (Å²) < 4.78 is 5.20. The molecular formula is C29H25ClN4O3S. The molecule has 7 nitrogen and oxygen atoms in total. The minimum absolute atomic E-state index is 0.0405. The molecule has 38 heavy (non-hydrogen) atoms. The van der Waals surface area contributed by atoms with Gasteiger partial charge in [0.05, 0.1) is 35.5 Å². The molecule has 3 aromatic rings. The van der Waals surface area contributed by atoms with Gasteiger partial charge >= 0.3 is 0 Å². The van der Waals surface area contributed by atoms with Crippen molar-refractivity contribution in [1.29, 1.82) is 5.26 Å². The van der Waals surface area contributed by atoms with E-state index in [9.17, 15) is 14.9 Å². The van der Waals surface area contributed by atoms with Crippen LogP contribution >= 0.6 is 23.4 Å². The number of hydrogen-bond donors (Lipinski definition) is 3. The maximum Gasteiger partial charge on any atom is 0.254 e. The predicted octanol–water partition coefficient (Wildman–Crippen LogP) is 6.06. The number of nitrogens with zero attached hydrogens (tertiary/aromatic N) is 1. The van der Waals surface area contributed by atoms with Crippen molar-refractivity contribution in [3.63, 3.8) is 0 Å². The van der Waals surface area contributed by atoms with Gasteiger partial charge in [-0.1, -0.05) is 65.8 Å². The zero-order chi connectivity index (χ0) is 27.1. The van der Waals surface area contributed by atoms with Crippen molar-refractivity contribution >= 4 is 46.6 Å². The van der Waals surface area contributed by atoms with Crippen molar-refractivity contribution in [3.05, 3.63) is 111 Å². The lowest BCUT2D eigenvalue weighted by Gasteiger charge is -2.30. The fourth-order valence-electron chi connectivity index (χ4n) is 4.10. The number of carbonyl (C=O) groups excluding carboxylic acids is 2. The van der Waals surface area contributed by atoms with Crippen LogP contribution in [0.3, 0.4) is 0 Å². The Morgan fingerprint density at radius 2 is 1.74 bits per heavy atom. The number of methoxy groups -OCH3 is 1. The normalized spacial score (nSPS) is 14.8. The zero-order valence-corrected chi connectivity index (χ0v) is 22.3. The van der Waals surface area contributed by atoms with Crippen LogP contribution in [-0.4, -0.2) is 24.7 Å². The Hall–Kier alpha value is -4.19. The fourth-order valence-corrected chi connectivity index (χ4v) is 5.24. The number of nitrogens with one attached hydrogen (secondary N) is 3. The third-order valence-corrected chi connectivity index (χ3v) is 7.20. The molecule has 0 saturated carbocycles. The summed E-state index contributed by atoms with van der Waals surface area (Å²) in [7, 11) is 1.56. The third kappa shape index (κ3) is 6.20. The van der Waals surface area contributed by atoms with Crippen LogP contribution < -0.4 is 20.7 Å². The van der Waals surface area contributed by atoms with E-state index in [1.807, 2.05) is 24.3 Å². The molecule has 1 atom stereocenters. The van der Waals surface area contributed by atoms with Crippen LogP contribution in [0.25, 0.3) is 0 Å². The van der Waals surface area contributed by atoms with E-state index in [0.717, 1.165) is 0 Å². The van der Waals surface area contributed by atoms with Gasteiger partial charge in [0.25, 0.3) is 5.91 Å². The van der Waals surface area contributed by atoms with Gasteiger partial charge in [0.15, 0.2) is 0 Å². The van der Waals surface area contributed by atoms with E-state index >= 15 is 0 Å². The number of rotatable bonds is 8. The molecule has 0 aliphatic carbocycles. The summed E-state index contributed by atoms with van der Waals surface area (Å²) in [6.45, 7) is 1.77. The molecule has 0 radical (unpaired) electrons. The van der Waals surface area contributed by atoms with Crippen molar-refractivity contribution < 1.29 is 14.3 Å². The van der Waals surface area contributed by atoms with E-state index in [0.29, 0.717) is 49.6 Å². The van der Waals surface area contributed by atoms with Crippen LogP contribution in [0.2, 0.25) is 5.02 Å². The van der Waals surface area contributed by atoms with E-state index in [4.69, 9.17) is 16.3 Å². The first-order chi connectivity index (χ1) is 18.4. The molecule has 0 saturated heterocycles. The number of anilines is 2. The van der Waals surface area contributed by atoms with Crippen molar-refractivity contribution in [2.75, 3.05) is 23.5 Å². The molecule has 1 aliphatic rings. The van der Waals surface area contributed by atoms with Gasteiger partial charge < -0.3 is 20.7 Å². The number of allylic oxidation sites excluding steroid dienone is 2. The van der Waals surface area contributed by atoms with Crippen LogP contribution in [0.4, 0.5) is 11.4 Å². The average molecular weight is 545 g/mol. The summed E-state index contributed by atoms with van der Waals surface area (Å²) in [4.78, 5) is 26.2. The van der Waals surface area contributed by atoms with Gasteiger partial charge in [0, 0.05) is 33.7 Å². The zero-order valence-electron chi connectivity index (χ0n) is 20.7. The standard InChI is InChI=1S/C29H25ClN4O3S/c1-18-26(28(36)34-19-9-4-3-5-10-19)27(22-13-6-7-14-24(22)30)23(16-31)29(32-18)38-17-25(35)33-20-11-8-12-21(15-20)37-2/h3-15,27,32H,17H2,1-2H3,(H,33,35)(H,34,36)/t27-/m1/s1. The Labute approximate surface area is 230 Å². The molecule has 2 amide bonds. The number of dihydropyridines is 1. The SMILES string of the molecule is COc1cccc(NC(=O)CSC2=C(C#N)[C@@H](c3ccccc3Cl)C(C(=O)Nc3ccccc3)=C(C)N2)c1. The highest BCUT2D eigenvalue weighted by Crippen LogP contribution is 2.43. The average Bonchev–Trinajstić information content (AvgIpc) is 2.92. The van der Waals surface area contributed by atoms with E-state index < -0.39 is 5.92 Å². The lowest BCUT2D eigenvalue weighted by molar-refractivity contribution is -0.114. The van der Waals surface area contributed by atoms with Crippen LogP contribution in [0.1, 0.15) is 18.4 Å². The lowest BCUT2D eigenvalue weighted by atomic mass is 9.82. The van der Waals surface area contributed by atoms with E-state index in [-0.39, 0.29) is 17.6 Å². The van der Waals surface area contributed by atoms with Crippen molar-refractivity contribution in [3.8, 4) is 11.8 Å². The monoisotopic (exact) mass is 544 g/mol. The summed E-state index contributed by atoms with van der Waals surface area (Å²) in [6.07, 6.45) is 0. The van der Waals surface area contributed by atoms with Crippen molar-refractivity contribution in [2.45, 2.75) is 12.8 Å². The van der Waals surface area contributed by atoms with Crippen LogP contribution in [0, 0.1) is 11.3 Å². The number of hydrogen-bond acceptors (Lipinski definition) is 6. The fraction of sp³-hybridized carbons (Fsp3) is 0.138. The highest BCUT2D eigenvalue weighted by atomic mass is 35.5. The second-order valence-corrected chi connectivity index (χ2v) is 9.75. The second-order valence-electron chi connectivity index (χ2n) is 8.36. The Bertz CT molecular complexity index is 1460. The molecule has 4 rings (SSSR count). The number of benzene rings is 3. The quantitative estimate of drug-likeness (QED) is 0.319. The number of halogens is 1. The van der Waals surface area contributed by atoms with Gasteiger partial charge in [0.1, 0.15) is 5.75 Å². The Balaban J connectivity index is 1.62. The highest BCUT2D eigenvalue weighted by molar-refractivity contribution is 8.03. The maximum absolute atomic E-state index is 13.5. The Morgan fingerprint density at radius 1 is 1.03 bits per heavy atom. The van der Waals surface area contributed by atoms with Gasteiger partial charge in [-0.05, 0) is 42.8 Å². The molecule has 1 heterocycles. The molecule has 0 spiro atoms. The molecule has 192 valence electrons. The number of carbonyl (C=O) groups is 2. The molecular weight excluding hydrogens is 520 g/mol. The molecule has 9 heteroatoms. The third-order valence-electron chi connectivity index (χ3n) is 5.84. The smallest absolute Gasteiger partial charge is 0.254 e. The van der Waals surface area contributed by atoms with Gasteiger partial charge in [-0.25, -0.2) is 0 Å². The van der Waals surface area contributed by atoms with E-state index in [1.165, 1.54) is 11.8 Å². The first-order valence-corrected chi connectivity index (χ1v) is 13.1. The molecule has 3 aromatic carbocycles. The van der Waals surface area contributed by atoms with E-state index in [2.05, 4.69) is 22.0 Å². The van der Waals surface area contributed by atoms with Crippen molar-refractivity contribution in [2.24, 2.45) is 0 Å². The van der Waals surface area contributed by atoms with Gasteiger partial charge in [0.2, 0.25) is 5.91 Å². The number of amides is 2. The topological polar surface area (TPSA) is 103 Å². The summed E-state index contributed by atoms with van der Waals surface area (Å²) in [6, 6.07) is 25.5. The van der Waals surface area contributed by atoms with E-state index in [1.54, 1.807) is 68.6 Å². The molecule has 0 aromatic heterocycles. The molecule has 3 N–H and O–H groups in total. The maximum atomic E-state index is 13.5. The summed E-state index contributed by atoms with van der Waals surface area (Å²) in [5, 5.41) is 20.1. The first-order valence-electron chi connectivity index (χ1n) is 11.7. The number of ether oxygens (including phenoxy) is 1. The Kier molecular flexibility index (Phi) is 8.74. The van der Waals surface area contributed by atoms with Crippen LogP contribution in [0.5, 0.6) is 5.75 Å². The number of nitriles is 1. The molecule has 0 unspecified atom stereocenters. The molecule has 0 fully saturated rings. The first kappa shape index (κ1) is 26.9. The summed E-state index contributed by atoms with van der Waals surface area (Å²) in [5.41, 5.74) is 3.12. The summed E-state index contributed by atoms with van der Waals surface area (Å²) in [5.74, 6) is -0.651. The number of para-hydroxylation sites is 1. The largest absolute Gasteiger partial charge is 0.497 e. The van der Waals surface area contributed by atoms with Crippen molar-refractivity contribution in [1.82, 2.24) is 5.32 Å². The predicted molar refractivity (Wildman–Crippen MR) is 152 cm³/mol. The minimum atomic E-state index is -0.720. The summed E-state index contributed by atoms with van der Waals surface area (Å²) >= 11 is 7.75. The number of thioether (sulfide) groups is 1. The van der Waals surface area contributed by atoms with Crippen LogP contribution in [0.15, 0.2) is 101 Å². The van der Waals surface area contributed by atoms with Gasteiger partial charge in [-0.3, -0.25) is 9.59 Å². The molecule has 0 bridgehead atoms. The highest BCUT2D eigenvalue weighted by Gasteiger charge is 2.35. The minimum Gasteiger partial charge on any atom is -0.497 e. The van der Waals surface area contributed by atoms with Gasteiger partial charge in [-0.2, -0.15) is 5.26 Å². The Morgan fingerprint density at radius 3 is 2.45 bits per heavy atom. The van der Waals surface area contributed by atoms with Crippen LogP contribution in [-0.2, 0) is 9.59 Å². The van der Waals surface area contributed by atoms with Gasteiger partial charge in [-0.15, -0.1) is 0 Å². The lowest BCUT2D eigenvalue weighted by Crippen LogP contribution is -2.31.